The fourth-order valence-corrected chi connectivity index (χ4v) is 2.19. The fraction of sp³-hybridized carbons (Fsp3) is 0.500. The summed E-state index contributed by atoms with van der Waals surface area (Å²) in [6.07, 6.45) is 1.60. The molecule has 1 fully saturated rings. The molecule has 1 aliphatic rings. The number of hydrogen-bond acceptors (Lipinski definition) is 3. The van der Waals surface area contributed by atoms with E-state index in [0.717, 1.165) is 24.9 Å². The third kappa shape index (κ3) is 4.04. The van der Waals surface area contributed by atoms with Crippen LogP contribution in [0.15, 0.2) is 30.3 Å². The first-order valence-corrected chi connectivity index (χ1v) is 6.44. The summed E-state index contributed by atoms with van der Waals surface area (Å²) in [6.45, 7) is 3.40. The molecule has 98 valence electrons. The van der Waals surface area contributed by atoms with E-state index in [9.17, 15) is 4.79 Å². The van der Waals surface area contributed by atoms with E-state index in [1.54, 1.807) is 0 Å². The van der Waals surface area contributed by atoms with Crippen LogP contribution in [0.5, 0.6) is 0 Å². The van der Waals surface area contributed by atoms with Crippen LogP contribution in [-0.2, 0) is 11.3 Å². The number of alkyl carbamates (subject to hydrolysis) is 1. The van der Waals surface area contributed by atoms with E-state index in [2.05, 4.69) is 17.6 Å². The average molecular weight is 248 g/mol. The van der Waals surface area contributed by atoms with Gasteiger partial charge < -0.3 is 15.4 Å². The molecule has 4 heteroatoms. The molecule has 1 amide bonds. The van der Waals surface area contributed by atoms with Gasteiger partial charge in [-0.15, -0.1) is 0 Å². The molecule has 0 aliphatic carbocycles. The van der Waals surface area contributed by atoms with Crippen LogP contribution in [0.3, 0.4) is 0 Å². The van der Waals surface area contributed by atoms with Crippen molar-refractivity contribution >= 4 is 6.09 Å². The van der Waals surface area contributed by atoms with Gasteiger partial charge >= 0.3 is 6.09 Å². The van der Waals surface area contributed by atoms with Crippen LogP contribution in [0.2, 0.25) is 0 Å². The van der Waals surface area contributed by atoms with Gasteiger partial charge in [-0.05, 0) is 31.9 Å². The van der Waals surface area contributed by atoms with Gasteiger partial charge in [-0.3, -0.25) is 0 Å². The first-order valence-electron chi connectivity index (χ1n) is 6.44. The lowest BCUT2D eigenvalue weighted by atomic mass is 10.0. The molecule has 1 aliphatic heterocycles. The molecule has 0 aromatic heterocycles. The van der Waals surface area contributed by atoms with Gasteiger partial charge in [0.1, 0.15) is 6.61 Å². The van der Waals surface area contributed by atoms with Gasteiger partial charge in [0, 0.05) is 12.1 Å². The summed E-state index contributed by atoms with van der Waals surface area (Å²) >= 11 is 0. The van der Waals surface area contributed by atoms with Crippen LogP contribution in [0, 0.1) is 0 Å². The third-order valence-corrected chi connectivity index (χ3v) is 3.16. The molecular formula is C14H20N2O2. The molecule has 1 heterocycles. The van der Waals surface area contributed by atoms with E-state index in [1.807, 2.05) is 30.3 Å². The first kappa shape index (κ1) is 12.9. The van der Waals surface area contributed by atoms with Gasteiger partial charge in [0.15, 0.2) is 0 Å². The number of hydrogen-bond donors (Lipinski definition) is 2. The monoisotopic (exact) mass is 248 g/mol. The Morgan fingerprint density at radius 3 is 2.94 bits per heavy atom. The smallest absolute Gasteiger partial charge is 0.407 e. The quantitative estimate of drug-likeness (QED) is 0.860. The van der Waals surface area contributed by atoms with Gasteiger partial charge in [0.05, 0.1) is 0 Å². The number of carbonyl (C=O) groups excluding carboxylic acids is 1. The maximum absolute atomic E-state index is 11.6. The number of carbonyl (C=O) groups is 1. The second-order valence-electron chi connectivity index (χ2n) is 4.78. The van der Waals surface area contributed by atoms with Crippen molar-refractivity contribution < 1.29 is 9.53 Å². The molecule has 2 N–H and O–H groups in total. The van der Waals surface area contributed by atoms with Crippen LogP contribution in [0.25, 0.3) is 0 Å². The maximum Gasteiger partial charge on any atom is 0.407 e. The minimum absolute atomic E-state index is 0.226. The summed E-state index contributed by atoms with van der Waals surface area (Å²) in [7, 11) is 0. The summed E-state index contributed by atoms with van der Waals surface area (Å²) in [5.41, 5.74) is 1.01. The topological polar surface area (TPSA) is 50.4 Å². The van der Waals surface area contributed by atoms with Crippen LogP contribution in [0.1, 0.15) is 25.3 Å². The van der Waals surface area contributed by atoms with E-state index in [0.29, 0.717) is 12.6 Å². The van der Waals surface area contributed by atoms with Gasteiger partial charge in [0.2, 0.25) is 0 Å². The predicted octanol–water partition coefficient (Wildman–Crippen LogP) is 2.05. The Morgan fingerprint density at radius 2 is 2.22 bits per heavy atom. The van der Waals surface area contributed by atoms with Gasteiger partial charge in [-0.25, -0.2) is 4.79 Å². The Hall–Kier alpha value is -1.55. The molecule has 1 saturated heterocycles. The Balaban J connectivity index is 1.72. The Bertz CT molecular complexity index is 381. The Kier molecular flexibility index (Phi) is 4.59. The lowest BCUT2D eigenvalue weighted by Gasteiger charge is -2.28. The number of amides is 1. The summed E-state index contributed by atoms with van der Waals surface area (Å²) in [6, 6.07) is 10.4. The average Bonchev–Trinajstić information content (AvgIpc) is 2.38. The molecule has 2 atom stereocenters. The lowest BCUT2D eigenvalue weighted by molar-refractivity contribution is 0.132. The van der Waals surface area contributed by atoms with E-state index in [4.69, 9.17) is 4.74 Å². The van der Waals surface area contributed by atoms with E-state index in [1.165, 1.54) is 0 Å². The van der Waals surface area contributed by atoms with Crippen molar-refractivity contribution in [1.82, 2.24) is 10.6 Å². The molecule has 0 bridgehead atoms. The minimum Gasteiger partial charge on any atom is -0.445 e. The summed E-state index contributed by atoms with van der Waals surface area (Å²) in [5, 5.41) is 6.27. The van der Waals surface area contributed by atoms with Gasteiger partial charge in [0.25, 0.3) is 0 Å². The highest BCUT2D eigenvalue weighted by Gasteiger charge is 2.20. The zero-order valence-corrected chi connectivity index (χ0v) is 10.7. The van der Waals surface area contributed by atoms with Gasteiger partial charge in [-0.1, -0.05) is 30.3 Å². The van der Waals surface area contributed by atoms with E-state index < -0.39 is 0 Å². The Labute approximate surface area is 108 Å². The fourth-order valence-electron chi connectivity index (χ4n) is 2.19. The molecule has 0 saturated carbocycles. The van der Waals surface area contributed by atoms with Crippen LogP contribution in [-0.4, -0.2) is 24.7 Å². The standard InChI is InChI=1S/C14H20N2O2/c1-11-9-13(7-8-15-11)16-14(17)18-10-12-5-3-2-4-6-12/h2-6,11,13,15H,7-10H2,1H3,(H,16,17)/t11-,13+/m0/s1. The van der Waals surface area contributed by atoms with Crippen LogP contribution >= 0.6 is 0 Å². The number of benzene rings is 1. The predicted molar refractivity (Wildman–Crippen MR) is 70.2 cm³/mol. The third-order valence-electron chi connectivity index (χ3n) is 3.16. The van der Waals surface area contributed by atoms with Crippen molar-refractivity contribution in [3.63, 3.8) is 0 Å². The van der Waals surface area contributed by atoms with Crippen LogP contribution < -0.4 is 10.6 Å². The molecule has 0 radical (unpaired) electrons. The summed E-state index contributed by atoms with van der Waals surface area (Å²) in [4.78, 5) is 11.6. The number of piperidine rings is 1. The molecule has 1 aromatic rings. The maximum atomic E-state index is 11.6. The summed E-state index contributed by atoms with van der Waals surface area (Å²) in [5.74, 6) is 0. The highest BCUT2D eigenvalue weighted by molar-refractivity contribution is 5.67. The SMILES string of the molecule is C[C@H]1C[C@H](NC(=O)OCc2ccccc2)CCN1. The lowest BCUT2D eigenvalue weighted by Crippen LogP contribution is -2.46. The molecule has 1 aromatic carbocycles. The van der Waals surface area contributed by atoms with E-state index in [-0.39, 0.29) is 12.1 Å². The minimum atomic E-state index is -0.321. The molecule has 4 nitrogen and oxygen atoms in total. The van der Waals surface area contributed by atoms with Crippen molar-refractivity contribution in [1.29, 1.82) is 0 Å². The van der Waals surface area contributed by atoms with Gasteiger partial charge in [-0.2, -0.15) is 0 Å². The zero-order chi connectivity index (χ0) is 12.8. The van der Waals surface area contributed by atoms with Crippen LogP contribution in [0.4, 0.5) is 4.79 Å². The largest absolute Gasteiger partial charge is 0.445 e. The highest BCUT2D eigenvalue weighted by Crippen LogP contribution is 2.08. The second kappa shape index (κ2) is 6.40. The van der Waals surface area contributed by atoms with Crippen molar-refractivity contribution in [3.8, 4) is 0 Å². The van der Waals surface area contributed by atoms with Crippen molar-refractivity contribution in [3.05, 3.63) is 35.9 Å². The first-order chi connectivity index (χ1) is 8.74. The molecular weight excluding hydrogens is 228 g/mol. The molecule has 0 unspecified atom stereocenters. The number of nitrogens with one attached hydrogen (secondary N) is 2. The summed E-state index contributed by atoms with van der Waals surface area (Å²) < 4.78 is 5.20. The second-order valence-corrected chi connectivity index (χ2v) is 4.78. The number of rotatable bonds is 3. The molecule has 0 spiro atoms. The van der Waals surface area contributed by atoms with Crippen molar-refractivity contribution in [2.75, 3.05) is 6.54 Å². The Morgan fingerprint density at radius 1 is 1.44 bits per heavy atom. The highest BCUT2D eigenvalue weighted by atomic mass is 16.5. The van der Waals surface area contributed by atoms with Crippen molar-refractivity contribution in [2.45, 2.75) is 38.5 Å². The molecule has 2 rings (SSSR count). The van der Waals surface area contributed by atoms with E-state index >= 15 is 0 Å². The normalized spacial score (nSPS) is 23.4. The van der Waals surface area contributed by atoms with Crippen molar-refractivity contribution in [2.24, 2.45) is 0 Å². The molecule has 18 heavy (non-hydrogen) atoms. The number of ether oxygens (including phenoxy) is 1. The zero-order valence-electron chi connectivity index (χ0n) is 10.7.